The Labute approximate surface area is 108 Å². The predicted molar refractivity (Wildman–Crippen MR) is 70.6 cm³/mol. The standard InChI is InChI=1S/C12H15N3O2S/c13-7-2-1-3-9(7)17-6-10-14-8-4-5-18-11(8)12(16)15-10/h4-5,7,9H,1-3,6,13H2,(H,14,15,16). The summed E-state index contributed by atoms with van der Waals surface area (Å²) < 4.78 is 6.39. The molecule has 2 atom stereocenters. The highest BCUT2D eigenvalue weighted by Gasteiger charge is 2.24. The van der Waals surface area contributed by atoms with Gasteiger partial charge in [0.2, 0.25) is 0 Å². The molecule has 0 amide bonds. The minimum atomic E-state index is -0.0932. The molecule has 3 rings (SSSR count). The second-order valence-electron chi connectivity index (χ2n) is 4.59. The fourth-order valence-electron chi connectivity index (χ4n) is 2.34. The van der Waals surface area contributed by atoms with Crippen molar-refractivity contribution in [3.05, 3.63) is 27.6 Å². The smallest absolute Gasteiger partial charge is 0.268 e. The van der Waals surface area contributed by atoms with E-state index in [1.165, 1.54) is 11.3 Å². The van der Waals surface area contributed by atoms with Gasteiger partial charge in [-0.15, -0.1) is 11.3 Å². The molecular formula is C12H15N3O2S. The molecule has 0 saturated heterocycles. The van der Waals surface area contributed by atoms with Gasteiger partial charge in [-0.1, -0.05) is 0 Å². The van der Waals surface area contributed by atoms with Crippen LogP contribution in [0.1, 0.15) is 25.1 Å². The summed E-state index contributed by atoms with van der Waals surface area (Å²) >= 11 is 1.40. The molecule has 0 aromatic carbocycles. The maximum Gasteiger partial charge on any atom is 0.268 e. The van der Waals surface area contributed by atoms with Crippen LogP contribution in [-0.2, 0) is 11.3 Å². The molecule has 6 heteroatoms. The van der Waals surface area contributed by atoms with Crippen LogP contribution in [0.4, 0.5) is 0 Å². The van der Waals surface area contributed by atoms with Gasteiger partial charge in [0.25, 0.3) is 5.56 Å². The van der Waals surface area contributed by atoms with Gasteiger partial charge in [-0.25, -0.2) is 4.98 Å². The van der Waals surface area contributed by atoms with E-state index in [2.05, 4.69) is 9.97 Å². The van der Waals surface area contributed by atoms with E-state index in [0.717, 1.165) is 24.8 Å². The molecule has 5 nitrogen and oxygen atoms in total. The van der Waals surface area contributed by atoms with Crippen LogP contribution < -0.4 is 11.3 Å². The number of ether oxygens (including phenoxy) is 1. The number of nitrogens with zero attached hydrogens (tertiary/aromatic N) is 1. The van der Waals surface area contributed by atoms with Crippen LogP contribution in [0.2, 0.25) is 0 Å². The molecule has 2 aromatic heterocycles. The molecule has 18 heavy (non-hydrogen) atoms. The Bertz CT molecular complexity index is 607. The monoisotopic (exact) mass is 265 g/mol. The maximum absolute atomic E-state index is 11.8. The third-order valence-corrected chi connectivity index (χ3v) is 4.20. The number of fused-ring (bicyclic) bond motifs is 1. The van der Waals surface area contributed by atoms with Crippen LogP contribution in [-0.4, -0.2) is 22.1 Å². The Hall–Kier alpha value is -1.24. The zero-order chi connectivity index (χ0) is 12.5. The van der Waals surface area contributed by atoms with E-state index >= 15 is 0 Å². The van der Waals surface area contributed by atoms with Crippen molar-refractivity contribution in [3.8, 4) is 0 Å². The highest BCUT2D eigenvalue weighted by molar-refractivity contribution is 7.17. The third kappa shape index (κ3) is 2.19. The van der Waals surface area contributed by atoms with Gasteiger partial charge in [0.05, 0.1) is 11.6 Å². The fraction of sp³-hybridized carbons (Fsp3) is 0.500. The van der Waals surface area contributed by atoms with Crippen LogP contribution in [0.3, 0.4) is 0 Å². The molecule has 1 aliphatic carbocycles. The van der Waals surface area contributed by atoms with Gasteiger partial charge in [0.15, 0.2) is 0 Å². The minimum absolute atomic E-state index is 0.0912. The van der Waals surface area contributed by atoms with Gasteiger partial charge in [0.1, 0.15) is 17.1 Å². The fourth-order valence-corrected chi connectivity index (χ4v) is 3.06. The third-order valence-electron chi connectivity index (χ3n) is 3.30. The van der Waals surface area contributed by atoms with E-state index < -0.39 is 0 Å². The molecular weight excluding hydrogens is 250 g/mol. The van der Waals surface area contributed by atoms with E-state index in [-0.39, 0.29) is 17.7 Å². The van der Waals surface area contributed by atoms with Crippen molar-refractivity contribution in [3.63, 3.8) is 0 Å². The molecule has 0 bridgehead atoms. The molecule has 0 spiro atoms. The number of nitrogens with one attached hydrogen (secondary N) is 1. The van der Waals surface area contributed by atoms with Crippen LogP contribution in [0, 0.1) is 0 Å². The summed E-state index contributed by atoms with van der Waals surface area (Å²) in [5.74, 6) is 0.574. The lowest BCUT2D eigenvalue weighted by Gasteiger charge is -2.15. The molecule has 1 aliphatic rings. The van der Waals surface area contributed by atoms with Crippen molar-refractivity contribution in [2.75, 3.05) is 0 Å². The van der Waals surface area contributed by atoms with Gasteiger partial charge < -0.3 is 15.5 Å². The summed E-state index contributed by atoms with van der Waals surface area (Å²) in [5, 5.41) is 1.87. The van der Waals surface area contributed by atoms with Crippen molar-refractivity contribution in [1.82, 2.24) is 9.97 Å². The minimum Gasteiger partial charge on any atom is -0.369 e. The lowest BCUT2D eigenvalue weighted by molar-refractivity contribution is 0.0320. The highest BCUT2D eigenvalue weighted by atomic mass is 32.1. The highest BCUT2D eigenvalue weighted by Crippen LogP contribution is 2.21. The van der Waals surface area contributed by atoms with Crippen molar-refractivity contribution in [2.24, 2.45) is 5.73 Å². The second-order valence-corrected chi connectivity index (χ2v) is 5.51. The molecule has 3 N–H and O–H groups in total. The molecule has 96 valence electrons. The average molecular weight is 265 g/mol. The van der Waals surface area contributed by atoms with Crippen molar-refractivity contribution in [1.29, 1.82) is 0 Å². The topological polar surface area (TPSA) is 81.0 Å². The van der Waals surface area contributed by atoms with Crippen LogP contribution in [0.5, 0.6) is 0 Å². The molecule has 1 fully saturated rings. The van der Waals surface area contributed by atoms with Gasteiger partial charge in [-0.2, -0.15) is 0 Å². The number of rotatable bonds is 3. The first-order valence-corrected chi connectivity index (χ1v) is 6.95. The molecule has 2 aromatic rings. The summed E-state index contributed by atoms with van der Waals surface area (Å²) in [5.41, 5.74) is 6.57. The quantitative estimate of drug-likeness (QED) is 0.878. The van der Waals surface area contributed by atoms with Crippen LogP contribution >= 0.6 is 11.3 Å². The number of aromatic amines is 1. The summed E-state index contributed by atoms with van der Waals surface area (Å²) in [7, 11) is 0. The van der Waals surface area contributed by atoms with Crippen molar-refractivity contribution in [2.45, 2.75) is 38.0 Å². The number of thiophene rings is 1. The summed E-state index contributed by atoms with van der Waals surface area (Å²) in [6.07, 6.45) is 3.21. The number of aromatic nitrogens is 2. The van der Waals surface area contributed by atoms with E-state index in [1.807, 2.05) is 11.4 Å². The van der Waals surface area contributed by atoms with Crippen LogP contribution in [0.15, 0.2) is 16.2 Å². The second kappa shape index (κ2) is 4.79. The molecule has 1 saturated carbocycles. The van der Waals surface area contributed by atoms with E-state index in [9.17, 15) is 4.79 Å². The Morgan fingerprint density at radius 2 is 2.44 bits per heavy atom. The molecule has 0 aliphatic heterocycles. The first-order valence-electron chi connectivity index (χ1n) is 6.07. The summed E-state index contributed by atoms with van der Waals surface area (Å²) in [6.45, 7) is 0.319. The largest absolute Gasteiger partial charge is 0.369 e. The Morgan fingerprint density at radius 1 is 1.56 bits per heavy atom. The lowest BCUT2D eigenvalue weighted by atomic mass is 10.2. The van der Waals surface area contributed by atoms with Gasteiger partial charge in [-0.05, 0) is 30.7 Å². The first kappa shape index (κ1) is 11.8. The number of hydrogen-bond donors (Lipinski definition) is 2. The van der Waals surface area contributed by atoms with Crippen molar-refractivity contribution < 1.29 is 4.74 Å². The number of nitrogens with two attached hydrogens (primary N) is 1. The van der Waals surface area contributed by atoms with Gasteiger partial charge >= 0.3 is 0 Å². The zero-order valence-electron chi connectivity index (χ0n) is 9.89. The lowest BCUT2D eigenvalue weighted by Crippen LogP contribution is -2.31. The molecule has 2 unspecified atom stereocenters. The predicted octanol–water partition coefficient (Wildman–Crippen LogP) is 1.38. The zero-order valence-corrected chi connectivity index (χ0v) is 10.7. The Kier molecular flexibility index (Phi) is 3.15. The average Bonchev–Trinajstić information content (AvgIpc) is 2.95. The Balaban J connectivity index is 1.76. The Morgan fingerprint density at radius 3 is 3.22 bits per heavy atom. The van der Waals surface area contributed by atoms with Crippen LogP contribution in [0.25, 0.3) is 10.2 Å². The van der Waals surface area contributed by atoms with Crippen molar-refractivity contribution >= 4 is 21.6 Å². The normalized spacial score (nSPS) is 23.8. The van der Waals surface area contributed by atoms with E-state index in [1.54, 1.807) is 0 Å². The van der Waals surface area contributed by atoms with Gasteiger partial charge in [0, 0.05) is 6.04 Å². The molecule has 2 heterocycles. The SMILES string of the molecule is NC1CCCC1OCc1nc2ccsc2c(=O)[nH]1. The number of hydrogen-bond acceptors (Lipinski definition) is 5. The first-order chi connectivity index (χ1) is 8.74. The summed E-state index contributed by atoms with van der Waals surface area (Å²) in [4.78, 5) is 18.9. The van der Waals surface area contributed by atoms with E-state index in [0.29, 0.717) is 17.1 Å². The maximum atomic E-state index is 11.8. The van der Waals surface area contributed by atoms with E-state index in [4.69, 9.17) is 10.5 Å². The van der Waals surface area contributed by atoms with Gasteiger partial charge in [-0.3, -0.25) is 4.79 Å². The summed E-state index contributed by atoms with van der Waals surface area (Å²) in [6, 6.07) is 1.96. The number of H-pyrrole nitrogens is 1. The molecule has 0 radical (unpaired) electrons.